The second-order valence-corrected chi connectivity index (χ2v) is 6.46. The summed E-state index contributed by atoms with van der Waals surface area (Å²) in [7, 11) is 0. The maximum Gasteiger partial charge on any atom is 0.416 e. The number of ether oxygens (including phenoxy) is 1. The predicted molar refractivity (Wildman–Crippen MR) is 82.6 cm³/mol. The minimum atomic E-state index is -4.50. The first-order valence-electron chi connectivity index (χ1n) is 8.18. The molecule has 2 amide bonds. The monoisotopic (exact) mass is 356 g/mol. The number of hydrogen-bond acceptors (Lipinski definition) is 3. The molecule has 5 nitrogen and oxygen atoms in total. The molecule has 8 heteroatoms. The molecule has 2 atom stereocenters. The Hall–Kier alpha value is -2.09. The first kappa shape index (κ1) is 17.7. The molecule has 3 rings (SSSR count). The van der Waals surface area contributed by atoms with Gasteiger partial charge in [-0.3, -0.25) is 9.59 Å². The van der Waals surface area contributed by atoms with Crippen LogP contribution in [0.5, 0.6) is 0 Å². The fraction of sp³-hybridized carbons (Fsp3) is 0.529. The molecule has 0 spiro atoms. The highest BCUT2D eigenvalue weighted by molar-refractivity contribution is 5.95. The van der Waals surface area contributed by atoms with Crippen LogP contribution in [0, 0.1) is 0 Å². The highest BCUT2D eigenvalue weighted by Gasteiger charge is 2.41. The van der Waals surface area contributed by atoms with Crippen LogP contribution in [0.25, 0.3) is 0 Å². The van der Waals surface area contributed by atoms with Crippen molar-refractivity contribution in [1.82, 2.24) is 4.90 Å². The molecule has 1 aliphatic carbocycles. The van der Waals surface area contributed by atoms with Gasteiger partial charge in [0.25, 0.3) is 5.91 Å². The molecule has 1 aromatic carbocycles. The van der Waals surface area contributed by atoms with Gasteiger partial charge in [-0.2, -0.15) is 13.2 Å². The van der Waals surface area contributed by atoms with E-state index in [1.165, 1.54) is 12.1 Å². The average Bonchev–Trinajstić information content (AvgIpc) is 3.39. The number of hydrogen-bond donors (Lipinski definition) is 1. The lowest BCUT2D eigenvalue weighted by molar-refractivity contribution is -0.137. The van der Waals surface area contributed by atoms with Crippen LogP contribution < -0.4 is 5.73 Å². The fourth-order valence-corrected chi connectivity index (χ4v) is 3.19. The first-order valence-corrected chi connectivity index (χ1v) is 8.18. The van der Waals surface area contributed by atoms with E-state index in [-0.39, 0.29) is 30.7 Å². The van der Waals surface area contributed by atoms with Gasteiger partial charge in [0.1, 0.15) is 6.10 Å². The van der Waals surface area contributed by atoms with Crippen molar-refractivity contribution in [1.29, 1.82) is 0 Å². The van der Waals surface area contributed by atoms with Gasteiger partial charge in [0.05, 0.1) is 5.56 Å². The van der Waals surface area contributed by atoms with Gasteiger partial charge in [-0.15, -0.1) is 0 Å². The summed E-state index contributed by atoms with van der Waals surface area (Å²) in [4.78, 5) is 25.9. The second-order valence-electron chi connectivity index (χ2n) is 6.46. The van der Waals surface area contributed by atoms with Crippen LogP contribution in [0.1, 0.15) is 41.6 Å². The van der Waals surface area contributed by atoms with E-state index in [2.05, 4.69) is 0 Å². The molecular formula is C17H19F3N2O3. The van der Waals surface area contributed by atoms with Crippen LogP contribution in [0.2, 0.25) is 0 Å². The third-order valence-corrected chi connectivity index (χ3v) is 4.58. The largest absolute Gasteiger partial charge is 0.416 e. The smallest absolute Gasteiger partial charge is 0.368 e. The Bertz CT molecular complexity index is 673. The van der Waals surface area contributed by atoms with Crippen LogP contribution >= 0.6 is 0 Å². The number of nitrogens with two attached hydrogens (primary N) is 1. The molecule has 0 bridgehead atoms. The Morgan fingerprint density at radius 1 is 1.16 bits per heavy atom. The summed E-state index contributed by atoms with van der Waals surface area (Å²) in [6.45, 7) is 0.289. The van der Waals surface area contributed by atoms with E-state index in [1.807, 2.05) is 0 Å². The van der Waals surface area contributed by atoms with Gasteiger partial charge in [-0.05, 0) is 37.5 Å². The minimum Gasteiger partial charge on any atom is -0.368 e. The third kappa shape index (κ3) is 3.95. The Morgan fingerprint density at radius 2 is 1.88 bits per heavy atom. The summed E-state index contributed by atoms with van der Waals surface area (Å²) in [5.74, 6) is -1.03. The molecule has 1 aliphatic heterocycles. The van der Waals surface area contributed by atoms with Crippen molar-refractivity contribution in [2.45, 2.75) is 50.0 Å². The summed E-state index contributed by atoms with van der Waals surface area (Å²) in [6, 6.07) is 4.17. The number of nitrogens with zero attached hydrogens (tertiary/aromatic N) is 1. The molecule has 0 aromatic heterocycles. The zero-order chi connectivity index (χ0) is 18.2. The van der Waals surface area contributed by atoms with E-state index >= 15 is 0 Å². The van der Waals surface area contributed by atoms with E-state index in [0.29, 0.717) is 6.42 Å². The lowest BCUT2D eigenvalue weighted by atomic mass is 9.99. The molecule has 2 N–H and O–H groups in total. The van der Waals surface area contributed by atoms with Gasteiger partial charge in [0.15, 0.2) is 0 Å². The van der Waals surface area contributed by atoms with Gasteiger partial charge in [0, 0.05) is 30.7 Å². The highest BCUT2D eigenvalue weighted by atomic mass is 19.4. The molecule has 25 heavy (non-hydrogen) atoms. The predicted octanol–water partition coefficient (Wildman–Crippen LogP) is 2.34. The molecule has 1 saturated carbocycles. The Morgan fingerprint density at radius 3 is 2.48 bits per heavy atom. The van der Waals surface area contributed by atoms with E-state index < -0.39 is 29.7 Å². The van der Waals surface area contributed by atoms with Crippen LogP contribution in [0.15, 0.2) is 24.3 Å². The molecule has 1 saturated heterocycles. The van der Waals surface area contributed by atoms with Crippen molar-refractivity contribution >= 4 is 11.8 Å². The average molecular weight is 356 g/mol. The molecule has 2 fully saturated rings. The van der Waals surface area contributed by atoms with Crippen molar-refractivity contribution < 1.29 is 27.5 Å². The molecule has 1 aromatic rings. The van der Waals surface area contributed by atoms with E-state index in [1.54, 1.807) is 4.90 Å². The Balaban J connectivity index is 1.84. The lowest BCUT2D eigenvalue weighted by Gasteiger charge is -2.37. The number of benzene rings is 1. The number of carbonyl (C=O) groups excluding carboxylic acids is 2. The maximum absolute atomic E-state index is 12.9. The molecule has 136 valence electrons. The van der Waals surface area contributed by atoms with E-state index in [0.717, 1.165) is 25.0 Å². The minimum absolute atomic E-state index is 0.00123. The summed E-state index contributed by atoms with van der Waals surface area (Å²) in [5, 5.41) is 0. The van der Waals surface area contributed by atoms with Gasteiger partial charge in [0.2, 0.25) is 5.91 Å². The lowest BCUT2D eigenvalue weighted by Crippen LogP contribution is -2.49. The van der Waals surface area contributed by atoms with Gasteiger partial charge in [-0.1, -0.05) is 6.07 Å². The van der Waals surface area contributed by atoms with Crippen LogP contribution in [-0.2, 0) is 15.7 Å². The third-order valence-electron chi connectivity index (χ3n) is 4.58. The highest BCUT2D eigenvalue weighted by Crippen LogP contribution is 2.35. The molecule has 0 radical (unpaired) electrons. The molecular weight excluding hydrogens is 337 g/mol. The Labute approximate surface area is 142 Å². The number of amides is 2. The van der Waals surface area contributed by atoms with Gasteiger partial charge < -0.3 is 15.4 Å². The van der Waals surface area contributed by atoms with E-state index in [4.69, 9.17) is 10.5 Å². The normalized spacial score (nSPS) is 24.0. The zero-order valence-electron chi connectivity index (χ0n) is 13.5. The fourth-order valence-electron chi connectivity index (χ4n) is 3.19. The summed E-state index contributed by atoms with van der Waals surface area (Å²) >= 11 is 0. The van der Waals surface area contributed by atoms with Crippen molar-refractivity contribution in [3.05, 3.63) is 35.4 Å². The topological polar surface area (TPSA) is 72.6 Å². The van der Waals surface area contributed by atoms with Gasteiger partial charge >= 0.3 is 6.18 Å². The number of carbonyl (C=O) groups is 2. The van der Waals surface area contributed by atoms with Crippen molar-refractivity contribution in [3.63, 3.8) is 0 Å². The maximum atomic E-state index is 12.9. The molecule has 2 aliphatic rings. The van der Waals surface area contributed by atoms with E-state index in [9.17, 15) is 22.8 Å². The number of rotatable bonds is 4. The SMILES string of the molecule is NC(=O)[C@@H]1C[C@H](N(C(=O)c2cccc(C(F)(F)F)c2)C2CC2)CCO1. The molecule has 0 unspecified atom stereocenters. The summed E-state index contributed by atoms with van der Waals surface area (Å²) in [6.07, 6.45) is -2.85. The number of alkyl halides is 3. The quantitative estimate of drug-likeness (QED) is 0.900. The van der Waals surface area contributed by atoms with Crippen LogP contribution in [0.3, 0.4) is 0 Å². The van der Waals surface area contributed by atoms with Crippen molar-refractivity contribution in [3.8, 4) is 0 Å². The number of primary amides is 1. The van der Waals surface area contributed by atoms with Gasteiger partial charge in [-0.25, -0.2) is 0 Å². The first-order chi connectivity index (χ1) is 11.8. The summed E-state index contributed by atoms with van der Waals surface area (Å²) in [5.41, 5.74) is 4.44. The molecule has 1 heterocycles. The van der Waals surface area contributed by atoms with Crippen LogP contribution in [0.4, 0.5) is 13.2 Å². The zero-order valence-corrected chi connectivity index (χ0v) is 13.5. The Kier molecular flexibility index (Phi) is 4.73. The standard InChI is InChI=1S/C17H19F3N2O3/c18-17(19,20)11-3-1-2-10(8-11)16(24)22(12-4-5-12)13-6-7-25-14(9-13)15(21)23/h1-3,8,12-14H,4-7,9H2,(H2,21,23)/t13-,14+/m1/s1. The number of halogens is 3. The van der Waals surface area contributed by atoms with Crippen molar-refractivity contribution in [2.75, 3.05) is 6.61 Å². The second kappa shape index (κ2) is 6.67. The summed E-state index contributed by atoms with van der Waals surface area (Å²) < 4.78 is 44.0. The van der Waals surface area contributed by atoms with Crippen molar-refractivity contribution in [2.24, 2.45) is 5.73 Å². The van der Waals surface area contributed by atoms with Crippen LogP contribution in [-0.4, -0.2) is 41.5 Å².